The normalized spacial score (nSPS) is 25.6. The molecule has 0 aromatic carbocycles. The summed E-state index contributed by atoms with van der Waals surface area (Å²) in [6.07, 6.45) is 5.83. The molecule has 0 saturated carbocycles. The van der Waals surface area contributed by atoms with Crippen molar-refractivity contribution in [2.75, 3.05) is 6.54 Å². The number of carboxylic acid groups (broad SMARTS) is 1. The number of carbonyl (C=O) groups excluding carboxylic acids is 1. The average Bonchev–Trinajstić information content (AvgIpc) is 3.02. The number of rotatable bonds is 2. The van der Waals surface area contributed by atoms with Gasteiger partial charge in [-0.15, -0.1) is 0 Å². The van der Waals surface area contributed by atoms with Crippen LogP contribution in [-0.4, -0.2) is 43.7 Å². The molecule has 1 amide bonds. The predicted molar refractivity (Wildman–Crippen MR) is 71.5 cm³/mol. The first-order valence-corrected chi connectivity index (χ1v) is 7.14. The molecule has 108 valence electrons. The molecule has 6 heteroatoms. The Labute approximate surface area is 117 Å². The van der Waals surface area contributed by atoms with E-state index in [2.05, 4.69) is 5.10 Å². The average molecular weight is 277 g/mol. The lowest BCUT2D eigenvalue weighted by atomic mass is 9.98. The highest BCUT2D eigenvalue weighted by Crippen LogP contribution is 2.32. The van der Waals surface area contributed by atoms with Crippen LogP contribution in [0.1, 0.15) is 48.7 Å². The third-order valence-corrected chi connectivity index (χ3v) is 4.56. The Morgan fingerprint density at radius 2 is 2.10 bits per heavy atom. The number of aromatic nitrogens is 2. The second-order valence-electron chi connectivity index (χ2n) is 5.82. The van der Waals surface area contributed by atoms with E-state index in [1.807, 2.05) is 4.68 Å². The van der Waals surface area contributed by atoms with E-state index in [1.165, 1.54) is 4.90 Å². The predicted octanol–water partition coefficient (Wildman–Crippen LogP) is 1.30. The number of amides is 1. The van der Waals surface area contributed by atoms with Crippen molar-refractivity contribution in [3.8, 4) is 0 Å². The monoisotopic (exact) mass is 277 g/mol. The summed E-state index contributed by atoms with van der Waals surface area (Å²) < 4.78 is 1.88. The SMILES string of the molecule is CC1(C(=O)O)CCCN1C(=O)c1cnn2c1CCCC2. The van der Waals surface area contributed by atoms with Crippen molar-refractivity contribution in [1.29, 1.82) is 0 Å². The van der Waals surface area contributed by atoms with Crippen molar-refractivity contribution in [3.63, 3.8) is 0 Å². The number of fused-ring (bicyclic) bond motifs is 1. The van der Waals surface area contributed by atoms with Crippen molar-refractivity contribution in [2.45, 2.75) is 51.1 Å². The number of hydrogen-bond acceptors (Lipinski definition) is 3. The Kier molecular flexibility index (Phi) is 3.03. The molecule has 20 heavy (non-hydrogen) atoms. The maximum Gasteiger partial charge on any atom is 0.329 e. The summed E-state index contributed by atoms with van der Waals surface area (Å²) in [4.78, 5) is 25.7. The van der Waals surface area contributed by atoms with Crippen LogP contribution >= 0.6 is 0 Å². The molecular formula is C14H19N3O3. The van der Waals surface area contributed by atoms with Gasteiger partial charge in [-0.05, 0) is 39.0 Å². The first kappa shape index (κ1) is 13.1. The fourth-order valence-corrected chi connectivity index (χ4v) is 3.26. The Balaban J connectivity index is 1.93. The highest BCUT2D eigenvalue weighted by atomic mass is 16.4. The third kappa shape index (κ3) is 1.82. The highest BCUT2D eigenvalue weighted by molar-refractivity contribution is 5.99. The topological polar surface area (TPSA) is 75.4 Å². The van der Waals surface area contributed by atoms with Gasteiger partial charge < -0.3 is 10.0 Å². The van der Waals surface area contributed by atoms with Gasteiger partial charge >= 0.3 is 5.97 Å². The van der Waals surface area contributed by atoms with E-state index in [0.29, 0.717) is 18.5 Å². The largest absolute Gasteiger partial charge is 0.480 e. The summed E-state index contributed by atoms with van der Waals surface area (Å²) >= 11 is 0. The number of hydrogen-bond donors (Lipinski definition) is 1. The summed E-state index contributed by atoms with van der Waals surface area (Å²) in [7, 11) is 0. The molecule has 1 fully saturated rings. The Hall–Kier alpha value is -1.85. The minimum atomic E-state index is -1.08. The zero-order valence-corrected chi connectivity index (χ0v) is 11.6. The number of nitrogens with zero attached hydrogens (tertiary/aromatic N) is 3. The fraction of sp³-hybridized carbons (Fsp3) is 0.643. The Morgan fingerprint density at radius 1 is 1.30 bits per heavy atom. The van der Waals surface area contributed by atoms with Gasteiger partial charge in [-0.1, -0.05) is 0 Å². The maximum atomic E-state index is 12.7. The van der Waals surface area contributed by atoms with Gasteiger partial charge in [-0.25, -0.2) is 4.79 Å². The number of aryl methyl sites for hydroxylation is 1. The lowest BCUT2D eigenvalue weighted by Crippen LogP contribution is -2.50. The standard InChI is InChI=1S/C14H19N3O3/c1-14(13(19)20)6-4-7-16(14)12(18)10-9-15-17-8-3-2-5-11(10)17/h9H,2-8H2,1H3,(H,19,20). The van der Waals surface area contributed by atoms with E-state index in [4.69, 9.17) is 0 Å². The van der Waals surface area contributed by atoms with Gasteiger partial charge in [-0.2, -0.15) is 5.10 Å². The van der Waals surface area contributed by atoms with Crippen molar-refractivity contribution >= 4 is 11.9 Å². The van der Waals surface area contributed by atoms with Crippen LogP contribution in [0.2, 0.25) is 0 Å². The Morgan fingerprint density at radius 3 is 2.85 bits per heavy atom. The maximum absolute atomic E-state index is 12.7. The van der Waals surface area contributed by atoms with Gasteiger partial charge in [0.05, 0.1) is 17.5 Å². The van der Waals surface area contributed by atoms with Crippen LogP contribution < -0.4 is 0 Å². The molecule has 1 aromatic heterocycles. The summed E-state index contributed by atoms with van der Waals surface area (Å²) in [5.74, 6) is -1.11. The molecule has 1 aromatic rings. The molecule has 0 radical (unpaired) electrons. The van der Waals surface area contributed by atoms with Crippen molar-refractivity contribution in [2.24, 2.45) is 0 Å². The van der Waals surface area contributed by atoms with Crippen LogP contribution in [0.5, 0.6) is 0 Å². The van der Waals surface area contributed by atoms with Crippen LogP contribution in [0.15, 0.2) is 6.20 Å². The van der Waals surface area contributed by atoms with Crippen LogP contribution in [0.3, 0.4) is 0 Å². The Bertz CT molecular complexity index is 566. The second-order valence-corrected chi connectivity index (χ2v) is 5.82. The zero-order chi connectivity index (χ0) is 14.3. The van der Waals surface area contributed by atoms with E-state index in [-0.39, 0.29) is 5.91 Å². The minimum absolute atomic E-state index is 0.185. The molecule has 6 nitrogen and oxygen atoms in total. The van der Waals surface area contributed by atoms with Crippen molar-refractivity contribution in [3.05, 3.63) is 17.5 Å². The molecule has 0 bridgehead atoms. The zero-order valence-electron chi connectivity index (χ0n) is 11.6. The first-order chi connectivity index (χ1) is 9.54. The van der Waals surface area contributed by atoms with E-state index in [0.717, 1.165) is 37.9 Å². The van der Waals surface area contributed by atoms with Gasteiger partial charge in [0.2, 0.25) is 0 Å². The first-order valence-electron chi connectivity index (χ1n) is 7.14. The molecule has 1 atom stereocenters. The summed E-state index contributed by atoms with van der Waals surface area (Å²) in [6, 6.07) is 0. The minimum Gasteiger partial charge on any atom is -0.480 e. The van der Waals surface area contributed by atoms with Gasteiger partial charge in [0.1, 0.15) is 5.54 Å². The summed E-state index contributed by atoms with van der Waals surface area (Å²) in [5.41, 5.74) is 0.459. The lowest BCUT2D eigenvalue weighted by Gasteiger charge is -2.31. The fourth-order valence-electron chi connectivity index (χ4n) is 3.26. The van der Waals surface area contributed by atoms with Gasteiger partial charge in [0, 0.05) is 13.1 Å². The molecule has 1 unspecified atom stereocenters. The second kappa shape index (κ2) is 4.61. The van der Waals surface area contributed by atoms with Crippen LogP contribution in [0, 0.1) is 0 Å². The molecule has 2 aliphatic rings. The molecule has 2 aliphatic heterocycles. The smallest absolute Gasteiger partial charge is 0.329 e. The van der Waals surface area contributed by atoms with Crippen molar-refractivity contribution in [1.82, 2.24) is 14.7 Å². The lowest BCUT2D eigenvalue weighted by molar-refractivity contribution is -0.147. The molecule has 3 heterocycles. The number of carbonyl (C=O) groups is 2. The van der Waals surface area contributed by atoms with E-state index < -0.39 is 11.5 Å². The van der Waals surface area contributed by atoms with E-state index in [9.17, 15) is 14.7 Å². The van der Waals surface area contributed by atoms with Crippen LogP contribution in [0.4, 0.5) is 0 Å². The quantitative estimate of drug-likeness (QED) is 0.884. The number of aliphatic carboxylic acids is 1. The summed E-state index contributed by atoms with van der Waals surface area (Å²) in [6.45, 7) is 2.99. The van der Waals surface area contributed by atoms with E-state index in [1.54, 1.807) is 13.1 Å². The van der Waals surface area contributed by atoms with Gasteiger partial charge in [0.15, 0.2) is 0 Å². The molecule has 1 N–H and O–H groups in total. The number of carboxylic acids is 1. The molecular weight excluding hydrogens is 258 g/mol. The van der Waals surface area contributed by atoms with Crippen LogP contribution in [-0.2, 0) is 17.8 Å². The van der Waals surface area contributed by atoms with Crippen molar-refractivity contribution < 1.29 is 14.7 Å². The van der Waals surface area contributed by atoms with Gasteiger partial charge in [-0.3, -0.25) is 9.48 Å². The number of likely N-dealkylation sites (tertiary alicyclic amines) is 1. The molecule has 0 aliphatic carbocycles. The molecule has 3 rings (SSSR count). The molecule has 1 saturated heterocycles. The van der Waals surface area contributed by atoms with Crippen LogP contribution in [0.25, 0.3) is 0 Å². The highest BCUT2D eigenvalue weighted by Gasteiger charge is 2.46. The van der Waals surface area contributed by atoms with E-state index >= 15 is 0 Å². The third-order valence-electron chi connectivity index (χ3n) is 4.56. The summed E-state index contributed by atoms with van der Waals surface area (Å²) in [5, 5.41) is 13.7. The van der Waals surface area contributed by atoms with Gasteiger partial charge in [0.25, 0.3) is 5.91 Å². The molecule has 0 spiro atoms.